The second-order valence-corrected chi connectivity index (χ2v) is 10.2. The number of nitrogens with zero attached hydrogens (tertiary/aromatic N) is 3. The van der Waals surface area contributed by atoms with Crippen LogP contribution in [0.2, 0.25) is 0 Å². The van der Waals surface area contributed by atoms with Crippen LogP contribution in [0.5, 0.6) is 11.5 Å². The molecule has 2 aliphatic heterocycles. The van der Waals surface area contributed by atoms with Crippen LogP contribution in [-0.4, -0.2) is 62.2 Å². The number of methoxy groups -OCH3 is 2. The van der Waals surface area contributed by atoms with Gasteiger partial charge in [-0.05, 0) is 59.9 Å². The molecule has 0 aromatic heterocycles. The molecule has 2 atom stereocenters. The zero-order valence-corrected chi connectivity index (χ0v) is 22.6. The van der Waals surface area contributed by atoms with E-state index in [0.717, 1.165) is 28.9 Å². The number of nitrogens with one attached hydrogen (secondary N) is 1. The SMILES string of the molecule is COc1ccc(CCNC(=O)C2Cc3cc([N+](=O)[O-])ccc3N3CCN(Cc4ccc(F)cc4)CC23)cc1OC. The van der Waals surface area contributed by atoms with Gasteiger partial charge in [0.25, 0.3) is 5.69 Å². The minimum Gasteiger partial charge on any atom is -0.493 e. The number of fused-ring (bicyclic) bond motifs is 3. The number of non-ortho nitro benzene ring substituents is 1. The van der Waals surface area contributed by atoms with Crippen molar-refractivity contribution in [3.05, 3.63) is 93.3 Å². The molecule has 2 heterocycles. The summed E-state index contributed by atoms with van der Waals surface area (Å²) in [6.45, 7) is 3.20. The predicted octanol–water partition coefficient (Wildman–Crippen LogP) is 3.97. The summed E-state index contributed by atoms with van der Waals surface area (Å²) in [7, 11) is 3.17. The first-order valence-corrected chi connectivity index (χ1v) is 13.4. The van der Waals surface area contributed by atoms with Gasteiger partial charge in [-0.1, -0.05) is 18.2 Å². The number of hydrogen-bond acceptors (Lipinski definition) is 7. The van der Waals surface area contributed by atoms with Gasteiger partial charge in [-0.2, -0.15) is 0 Å². The molecule has 1 fully saturated rings. The lowest BCUT2D eigenvalue weighted by molar-refractivity contribution is -0.384. The Balaban J connectivity index is 1.32. The average molecular weight is 549 g/mol. The van der Waals surface area contributed by atoms with Crippen LogP contribution in [0.15, 0.2) is 60.7 Å². The molecule has 3 aromatic rings. The highest BCUT2D eigenvalue weighted by Gasteiger charge is 2.41. The number of ether oxygens (including phenoxy) is 2. The molecule has 210 valence electrons. The Kier molecular flexibility index (Phi) is 8.16. The molecule has 1 N–H and O–H groups in total. The summed E-state index contributed by atoms with van der Waals surface area (Å²) in [5.41, 5.74) is 3.81. The van der Waals surface area contributed by atoms with Gasteiger partial charge in [-0.3, -0.25) is 19.8 Å². The first kappa shape index (κ1) is 27.4. The van der Waals surface area contributed by atoms with Crippen molar-refractivity contribution in [3.63, 3.8) is 0 Å². The number of piperazine rings is 1. The summed E-state index contributed by atoms with van der Waals surface area (Å²) in [5.74, 6) is 0.562. The number of nitro benzene ring substituents is 1. The number of halogens is 1. The van der Waals surface area contributed by atoms with Crippen molar-refractivity contribution in [3.8, 4) is 11.5 Å². The Morgan fingerprint density at radius 3 is 2.50 bits per heavy atom. The minimum absolute atomic E-state index is 0.0276. The van der Waals surface area contributed by atoms with Crippen LogP contribution in [0.1, 0.15) is 16.7 Å². The van der Waals surface area contributed by atoms with Crippen LogP contribution in [0.4, 0.5) is 15.8 Å². The Morgan fingerprint density at radius 1 is 1.02 bits per heavy atom. The van der Waals surface area contributed by atoms with Crippen LogP contribution >= 0.6 is 0 Å². The Morgan fingerprint density at radius 2 is 1.77 bits per heavy atom. The third-order valence-corrected chi connectivity index (χ3v) is 7.81. The summed E-state index contributed by atoms with van der Waals surface area (Å²) in [4.78, 5) is 29.2. The molecular formula is C30H33FN4O5. The fraction of sp³-hybridized carbons (Fsp3) is 0.367. The molecule has 0 spiro atoms. The second kappa shape index (κ2) is 11.9. The molecule has 9 nitrogen and oxygen atoms in total. The van der Waals surface area contributed by atoms with E-state index in [1.807, 2.05) is 18.2 Å². The van der Waals surface area contributed by atoms with Crippen molar-refractivity contribution < 1.29 is 23.6 Å². The summed E-state index contributed by atoms with van der Waals surface area (Å²) in [5, 5.41) is 14.6. The highest BCUT2D eigenvalue weighted by atomic mass is 19.1. The molecule has 0 radical (unpaired) electrons. The van der Waals surface area contributed by atoms with E-state index in [-0.39, 0.29) is 29.4 Å². The summed E-state index contributed by atoms with van der Waals surface area (Å²) >= 11 is 0. The maximum atomic E-state index is 13.6. The Labute approximate surface area is 232 Å². The number of rotatable bonds is 9. The molecule has 2 unspecified atom stereocenters. The largest absolute Gasteiger partial charge is 0.493 e. The second-order valence-electron chi connectivity index (χ2n) is 10.2. The molecule has 1 saturated heterocycles. The van der Waals surface area contributed by atoms with Gasteiger partial charge in [0.05, 0.1) is 31.1 Å². The zero-order chi connectivity index (χ0) is 28.2. The molecular weight excluding hydrogens is 515 g/mol. The number of hydrogen-bond donors (Lipinski definition) is 1. The summed E-state index contributed by atoms with van der Waals surface area (Å²) < 4.78 is 24.1. The van der Waals surface area contributed by atoms with Crippen molar-refractivity contribution in [2.24, 2.45) is 5.92 Å². The van der Waals surface area contributed by atoms with E-state index in [4.69, 9.17) is 9.47 Å². The number of carbonyl (C=O) groups excluding carboxylic acids is 1. The number of amides is 1. The summed E-state index contributed by atoms with van der Waals surface area (Å²) in [6, 6.07) is 17.0. The molecule has 0 aliphatic carbocycles. The van der Waals surface area contributed by atoms with Gasteiger partial charge < -0.3 is 19.7 Å². The van der Waals surface area contributed by atoms with E-state index >= 15 is 0 Å². The Bertz CT molecular complexity index is 1380. The van der Waals surface area contributed by atoms with Crippen molar-refractivity contribution in [1.29, 1.82) is 0 Å². The maximum absolute atomic E-state index is 13.6. The van der Waals surface area contributed by atoms with Crippen LogP contribution in [-0.2, 0) is 24.2 Å². The topological polar surface area (TPSA) is 97.2 Å². The van der Waals surface area contributed by atoms with Gasteiger partial charge in [0, 0.05) is 50.5 Å². The van der Waals surface area contributed by atoms with Crippen LogP contribution < -0.4 is 19.7 Å². The minimum atomic E-state index is -0.398. The Hall–Kier alpha value is -4.18. The lowest BCUT2D eigenvalue weighted by Crippen LogP contribution is -2.61. The van der Waals surface area contributed by atoms with Crippen molar-refractivity contribution in [2.75, 3.05) is 45.3 Å². The average Bonchev–Trinajstić information content (AvgIpc) is 2.97. The fourth-order valence-corrected chi connectivity index (χ4v) is 5.77. The summed E-state index contributed by atoms with van der Waals surface area (Å²) in [6.07, 6.45) is 1.04. The fourth-order valence-electron chi connectivity index (χ4n) is 5.77. The van der Waals surface area contributed by atoms with E-state index in [1.54, 1.807) is 38.5 Å². The van der Waals surface area contributed by atoms with E-state index in [9.17, 15) is 19.3 Å². The van der Waals surface area contributed by atoms with Gasteiger partial charge in [-0.25, -0.2) is 4.39 Å². The third-order valence-electron chi connectivity index (χ3n) is 7.81. The van der Waals surface area contributed by atoms with E-state index in [0.29, 0.717) is 50.5 Å². The number of benzene rings is 3. The van der Waals surface area contributed by atoms with Gasteiger partial charge in [0.15, 0.2) is 11.5 Å². The highest BCUT2D eigenvalue weighted by molar-refractivity contribution is 5.82. The normalized spacial score (nSPS) is 18.4. The van der Waals surface area contributed by atoms with Crippen molar-refractivity contribution in [1.82, 2.24) is 10.2 Å². The van der Waals surface area contributed by atoms with Crippen molar-refractivity contribution >= 4 is 17.3 Å². The van der Waals surface area contributed by atoms with Crippen LogP contribution in [0.25, 0.3) is 0 Å². The lowest BCUT2D eigenvalue weighted by Gasteiger charge is -2.49. The van der Waals surface area contributed by atoms with Crippen LogP contribution in [0.3, 0.4) is 0 Å². The molecule has 40 heavy (non-hydrogen) atoms. The smallest absolute Gasteiger partial charge is 0.269 e. The lowest BCUT2D eigenvalue weighted by atomic mass is 9.83. The quantitative estimate of drug-likeness (QED) is 0.319. The first-order chi connectivity index (χ1) is 19.4. The molecule has 1 amide bonds. The first-order valence-electron chi connectivity index (χ1n) is 13.4. The molecule has 0 bridgehead atoms. The van der Waals surface area contributed by atoms with Gasteiger partial charge in [0.2, 0.25) is 5.91 Å². The standard InChI is InChI=1S/C30H33FN4O5/c1-39-28-10-5-20(15-29(28)40-2)11-12-32-30(36)25-17-22-16-24(35(37)38)8-9-26(22)34-14-13-33(19-27(25)34)18-21-3-6-23(31)7-4-21/h3-10,15-16,25,27H,11-14,17-19H2,1-2H3,(H,32,36). The zero-order valence-electron chi connectivity index (χ0n) is 22.6. The number of anilines is 1. The van der Waals surface area contributed by atoms with E-state index < -0.39 is 4.92 Å². The van der Waals surface area contributed by atoms with E-state index in [2.05, 4.69) is 15.1 Å². The monoisotopic (exact) mass is 548 g/mol. The predicted molar refractivity (Wildman–Crippen MR) is 149 cm³/mol. The van der Waals surface area contributed by atoms with Gasteiger partial charge in [0.1, 0.15) is 5.82 Å². The van der Waals surface area contributed by atoms with Crippen LogP contribution in [0, 0.1) is 21.8 Å². The third kappa shape index (κ3) is 5.86. The van der Waals surface area contributed by atoms with Crippen molar-refractivity contribution in [2.45, 2.75) is 25.4 Å². The van der Waals surface area contributed by atoms with Gasteiger partial charge in [-0.15, -0.1) is 0 Å². The molecule has 2 aliphatic rings. The van der Waals surface area contributed by atoms with Gasteiger partial charge >= 0.3 is 0 Å². The van der Waals surface area contributed by atoms with E-state index in [1.165, 1.54) is 18.2 Å². The maximum Gasteiger partial charge on any atom is 0.269 e. The number of carbonyl (C=O) groups is 1. The highest BCUT2D eigenvalue weighted by Crippen LogP contribution is 2.38. The molecule has 3 aromatic carbocycles. The molecule has 5 rings (SSSR count). The molecule has 0 saturated carbocycles. The number of nitro groups is 1. The molecule has 10 heteroatoms.